The normalized spacial score (nSPS) is 24.3. The fourth-order valence-corrected chi connectivity index (χ4v) is 3.45. The zero-order chi connectivity index (χ0) is 16.4. The van der Waals surface area contributed by atoms with Crippen molar-refractivity contribution >= 4 is 28.9 Å². The Hall–Kier alpha value is -2.08. The molecule has 0 heterocycles. The zero-order valence-electron chi connectivity index (χ0n) is 13.4. The van der Waals surface area contributed by atoms with Crippen molar-refractivity contribution in [3.8, 4) is 0 Å². The number of nitrogens with one attached hydrogen (secondary N) is 3. The van der Waals surface area contributed by atoms with Gasteiger partial charge < -0.3 is 10.2 Å². The molecule has 2 bridgehead atoms. The third-order valence-corrected chi connectivity index (χ3v) is 4.75. The van der Waals surface area contributed by atoms with Crippen molar-refractivity contribution in [1.29, 1.82) is 0 Å². The molecule has 2 aliphatic rings. The molecule has 122 valence electrons. The van der Waals surface area contributed by atoms with Crippen molar-refractivity contribution in [2.45, 2.75) is 18.9 Å². The van der Waals surface area contributed by atoms with Gasteiger partial charge in [0.2, 0.25) is 0 Å². The van der Waals surface area contributed by atoms with Crippen molar-refractivity contribution in [2.24, 2.45) is 11.8 Å². The van der Waals surface area contributed by atoms with Crippen LogP contribution in [0, 0.1) is 11.8 Å². The average Bonchev–Trinajstić information content (AvgIpc) is 3.15. The van der Waals surface area contributed by atoms with Crippen LogP contribution in [0.4, 0.5) is 5.69 Å². The van der Waals surface area contributed by atoms with Crippen molar-refractivity contribution in [3.63, 3.8) is 0 Å². The minimum Gasteiger partial charge on any atom is -0.378 e. The van der Waals surface area contributed by atoms with Crippen LogP contribution in [-0.4, -0.2) is 31.2 Å². The minimum absolute atomic E-state index is 0.202. The molecule has 0 aliphatic heterocycles. The van der Waals surface area contributed by atoms with Crippen LogP contribution in [0.1, 0.15) is 23.2 Å². The van der Waals surface area contributed by atoms with Crippen LogP contribution in [0.15, 0.2) is 36.4 Å². The van der Waals surface area contributed by atoms with Gasteiger partial charge in [0.05, 0.1) is 0 Å². The molecular weight excluding hydrogens is 308 g/mol. The summed E-state index contributed by atoms with van der Waals surface area (Å²) in [5, 5.41) is 3.76. The van der Waals surface area contributed by atoms with Gasteiger partial charge in [0.15, 0.2) is 5.11 Å². The van der Waals surface area contributed by atoms with E-state index in [2.05, 4.69) is 28.3 Å². The maximum atomic E-state index is 12.1. The van der Waals surface area contributed by atoms with E-state index in [1.54, 1.807) is 12.1 Å². The molecule has 3 atom stereocenters. The number of nitrogens with zero attached hydrogens (tertiary/aromatic N) is 1. The molecule has 2 aliphatic carbocycles. The number of thiocarbonyl (C=S) groups is 1. The highest BCUT2D eigenvalue weighted by Gasteiger charge is 2.35. The first-order chi connectivity index (χ1) is 11.0. The summed E-state index contributed by atoms with van der Waals surface area (Å²) in [6, 6.07) is 7.79. The molecule has 1 aromatic rings. The Kier molecular flexibility index (Phi) is 4.52. The molecule has 3 rings (SSSR count). The van der Waals surface area contributed by atoms with E-state index in [0.29, 0.717) is 28.6 Å². The Morgan fingerprint density at radius 1 is 1.13 bits per heavy atom. The van der Waals surface area contributed by atoms with E-state index in [1.165, 1.54) is 6.42 Å². The summed E-state index contributed by atoms with van der Waals surface area (Å²) in [7, 11) is 3.93. The van der Waals surface area contributed by atoms with E-state index < -0.39 is 0 Å². The lowest BCUT2D eigenvalue weighted by Crippen LogP contribution is -2.50. The Bertz CT molecular complexity index is 626. The second-order valence-electron chi connectivity index (χ2n) is 6.38. The average molecular weight is 330 g/mol. The highest BCUT2D eigenvalue weighted by Crippen LogP contribution is 2.38. The predicted octanol–water partition coefficient (Wildman–Crippen LogP) is 1.83. The van der Waals surface area contributed by atoms with Gasteiger partial charge in [-0.15, -0.1) is 0 Å². The third kappa shape index (κ3) is 3.64. The fourth-order valence-electron chi connectivity index (χ4n) is 3.25. The number of hydrazine groups is 1. The summed E-state index contributed by atoms with van der Waals surface area (Å²) in [5.41, 5.74) is 7.08. The van der Waals surface area contributed by atoms with Gasteiger partial charge in [-0.1, -0.05) is 12.2 Å². The molecule has 5 nitrogen and oxygen atoms in total. The van der Waals surface area contributed by atoms with Gasteiger partial charge in [0.25, 0.3) is 5.91 Å². The number of carbonyl (C=O) groups excluding carboxylic acids is 1. The molecule has 23 heavy (non-hydrogen) atoms. The summed E-state index contributed by atoms with van der Waals surface area (Å²) >= 11 is 5.26. The number of anilines is 1. The van der Waals surface area contributed by atoms with E-state index >= 15 is 0 Å². The monoisotopic (exact) mass is 330 g/mol. The molecule has 0 saturated heterocycles. The first-order valence-electron chi connectivity index (χ1n) is 7.85. The van der Waals surface area contributed by atoms with Crippen LogP contribution in [0.25, 0.3) is 0 Å². The zero-order valence-corrected chi connectivity index (χ0v) is 14.2. The number of amides is 1. The molecular formula is C17H22N4OS. The quantitative estimate of drug-likeness (QED) is 0.448. The molecule has 0 spiro atoms. The van der Waals surface area contributed by atoms with Gasteiger partial charge in [-0.2, -0.15) is 0 Å². The summed E-state index contributed by atoms with van der Waals surface area (Å²) in [5.74, 6) is 1.05. The van der Waals surface area contributed by atoms with Gasteiger partial charge in [0, 0.05) is 31.4 Å². The molecule has 1 amide bonds. The number of rotatable bonds is 3. The van der Waals surface area contributed by atoms with Crippen LogP contribution in [0.2, 0.25) is 0 Å². The molecule has 1 aromatic carbocycles. The summed E-state index contributed by atoms with van der Waals surface area (Å²) in [6.07, 6.45) is 6.88. The Labute approximate surface area is 142 Å². The van der Waals surface area contributed by atoms with Gasteiger partial charge >= 0.3 is 0 Å². The second kappa shape index (κ2) is 6.58. The van der Waals surface area contributed by atoms with Gasteiger partial charge in [0.1, 0.15) is 0 Å². The first-order valence-corrected chi connectivity index (χ1v) is 8.26. The molecule has 0 radical (unpaired) electrons. The summed E-state index contributed by atoms with van der Waals surface area (Å²) in [4.78, 5) is 14.1. The third-order valence-electron chi connectivity index (χ3n) is 4.53. The topological polar surface area (TPSA) is 56.4 Å². The lowest BCUT2D eigenvalue weighted by atomic mass is 10.0. The van der Waals surface area contributed by atoms with Crippen molar-refractivity contribution < 1.29 is 4.79 Å². The highest BCUT2D eigenvalue weighted by atomic mass is 32.1. The number of hydrogen-bond acceptors (Lipinski definition) is 3. The smallest absolute Gasteiger partial charge is 0.269 e. The second-order valence-corrected chi connectivity index (χ2v) is 6.79. The molecule has 3 N–H and O–H groups in total. The van der Waals surface area contributed by atoms with Crippen molar-refractivity contribution in [2.75, 3.05) is 19.0 Å². The van der Waals surface area contributed by atoms with E-state index in [4.69, 9.17) is 12.2 Å². The van der Waals surface area contributed by atoms with Crippen LogP contribution < -0.4 is 21.1 Å². The van der Waals surface area contributed by atoms with Gasteiger partial charge in [-0.05, 0) is 61.2 Å². The number of benzene rings is 1. The van der Waals surface area contributed by atoms with E-state index in [1.807, 2.05) is 31.1 Å². The summed E-state index contributed by atoms with van der Waals surface area (Å²) in [6.45, 7) is 0. The molecule has 6 heteroatoms. The fraction of sp³-hybridized carbons (Fsp3) is 0.412. The van der Waals surface area contributed by atoms with Crippen LogP contribution >= 0.6 is 12.2 Å². The molecule has 0 unspecified atom stereocenters. The van der Waals surface area contributed by atoms with Crippen molar-refractivity contribution in [3.05, 3.63) is 42.0 Å². The van der Waals surface area contributed by atoms with E-state index in [-0.39, 0.29) is 5.91 Å². The number of carbonyl (C=O) groups is 1. The minimum atomic E-state index is -0.202. The number of fused-ring (bicyclic) bond motifs is 2. The Morgan fingerprint density at radius 3 is 2.43 bits per heavy atom. The molecule has 1 fully saturated rings. The standard InChI is InChI=1S/C17H22N4OS/c1-21(2)14-7-5-12(6-8-14)16(22)19-20-17(23)18-15-10-11-3-4-13(15)9-11/h3-8,11,13,15H,9-10H2,1-2H3,(H,19,22)(H2,18,20,23)/t11-,13-,15+/m1/s1. The lowest BCUT2D eigenvalue weighted by Gasteiger charge is -2.22. The van der Waals surface area contributed by atoms with Crippen molar-refractivity contribution in [1.82, 2.24) is 16.2 Å². The number of allylic oxidation sites excluding steroid dienone is 1. The molecule has 0 aromatic heterocycles. The largest absolute Gasteiger partial charge is 0.378 e. The number of hydrogen-bond donors (Lipinski definition) is 3. The van der Waals surface area contributed by atoms with Crippen LogP contribution in [0.3, 0.4) is 0 Å². The maximum absolute atomic E-state index is 12.1. The Morgan fingerprint density at radius 2 is 1.87 bits per heavy atom. The van der Waals surface area contributed by atoms with Gasteiger partial charge in [-0.3, -0.25) is 15.6 Å². The predicted molar refractivity (Wildman–Crippen MR) is 96.2 cm³/mol. The SMILES string of the molecule is CN(C)c1ccc(C(=O)NNC(=S)N[C@H]2C[C@@H]3C=C[C@@H]2C3)cc1. The van der Waals surface area contributed by atoms with Crippen LogP contribution in [0.5, 0.6) is 0 Å². The summed E-state index contributed by atoms with van der Waals surface area (Å²) < 4.78 is 0. The maximum Gasteiger partial charge on any atom is 0.269 e. The Balaban J connectivity index is 1.46. The van der Waals surface area contributed by atoms with E-state index in [9.17, 15) is 4.79 Å². The lowest BCUT2D eigenvalue weighted by molar-refractivity contribution is 0.0943. The van der Waals surface area contributed by atoms with Crippen LogP contribution in [-0.2, 0) is 0 Å². The first kappa shape index (κ1) is 15.8. The van der Waals surface area contributed by atoms with E-state index in [0.717, 1.165) is 12.1 Å². The van der Waals surface area contributed by atoms with Gasteiger partial charge in [-0.25, -0.2) is 0 Å². The highest BCUT2D eigenvalue weighted by molar-refractivity contribution is 7.80. The molecule has 1 saturated carbocycles.